The summed E-state index contributed by atoms with van der Waals surface area (Å²) in [4.78, 5) is 29.9. The molecule has 0 aliphatic rings. The second-order valence-corrected chi connectivity index (χ2v) is 9.00. The first-order chi connectivity index (χ1) is 17.9. The average molecular weight is 549 g/mol. The van der Waals surface area contributed by atoms with E-state index in [1.165, 1.54) is 18.1 Å². The van der Waals surface area contributed by atoms with Gasteiger partial charge >= 0.3 is 0 Å². The molecule has 198 valence electrons. The van der Waals surface area contributed by atoms with Crippen molar-refractivity contribution < 1.29 is 28.2 Å². The Bertz CT molecular complexity index is 1190. The summed E-state index contributed by atoms with van der Waals surface area (Å²) >= 11 is 12.1. The van der Waals surface area contributed by atoms with E-state index in [1.807, 2.05) is 18.2 Å². The van der Waals surface area contributed by atoms with E-state index in [0.717, 1.165) is 5.56 Å². The second kappa shape index (κ2) is 13.9. The summed E-state index contributed by atoms with van der Waals surface area (Å²) in [5.41, 5.74) is 1.30. The molecule has 37 heavy (non-hydrogen) atoms. The third-order valence-corrected chi connectivity index (χ3v) is 6.48. The minimum absolute atomic E-state index is 0.144. The fourth-order valence-electron chi connectivity index (χ4n) is 3.71. The van der Waals surface area contributed by atoms with Gasteiger partial charge in [0.05, 0.1) is 43.7 Å². The van der Waals surface area contributed by atoms with Gasteiger partial charge in [0, 0.05) is 25.8 Å². The minimum Gasteiger partial charge on any atom is -0.493 e. The van der Waals surface area contributed by atoms with Gasteiger partial charge in [0.1, 0.15) is 12.3 Å². The van der Waals surface area contributed by atoms with Crippen LogP contribution in [0.4, 0.5) is 0 Å². The van der Waals surface area contributed by atoms with Gasteiger partial charge in [-0.1, -0.05) is 29.3 Å². The summed E-state index contributed by atoms with van der Waals surface area (Å²) in [6, 6.07) is 13.8. The lowest BCUT2D eigenvalue weighted by atomic mass is 10.1. The van der Waals surface area contributed by atoms with Crippen molar-refractivity contribution in [2.24, 2.45) is 0 Å². The van der Waals surface area contributed by atoms with E-state index in [1.54, 1.807) is 49.6 Å². The molecule has 2 aromatic carbocycles. The van der Waals surface area contributed by atoms with E-state index >= 15 is 0 Å². The van der Waals surface area contributed by atoms with Gasteiger partial charge in [-0.2, -0.15) is 0 Å². The van der Waals surface area contributed by atoms with E-state index in [-0.39, 0.29) is 43.1 Å². The molecule has 0 bridgehead atoms. The fraction of sp³-hybridized carbons (Fsp3) is 0.333. The van der Waals surface area contributed by atoms with Crippen molar-refractivity contribution in [1.29, 1.82) is 0 Å². The molecule has 0 atom stereocenters. The summed E-state index contributed by atoms with van der Waals surface area (Å²) in [5, 5.41) is 0.609. The van der Waals surface area contributed by atoms with Crippen LogP contribution < -0.4 is 9.47 Å². The Kier molecular flexibility index (Phi) is 10.7. The molecule has 0 fully saturated rings. The topological polar surface area (TPSA) is 81.5 Å². The molecule has 0 spiro atoms. The number of nitrogens with zero attached hydrogens (tertiary/aromatic N) is 2. The summed E-state index contributed by atoms with van der Waals surface area (Å²) in [5.74, 6) is 1.30. The van der Waals surface area contributed by atoms with Crippen LogP contribution >= 0.6 is 23.2 Å². The fourth-order valence-corrected chi connectivity index (χ4v) is 4.01. The Morgan fingerprint density at radius 3 is 2.32 bits per heavy atom. The molecule has 0 unspecified atom stereocenters. The van der Waals surface area contributed by atoms with Gasteiger partial charge in [0.15, 0.2) is 11.5 Å². The highest BCUT2D eigenvalue weighted by Gasteiger charge is 2.24. The molecule has 3 aromatic rings. The van der Waals surface area contributed by atoms with E-state index in [4.69, 9.17) is 41.8 Å². The van der Waals surface area contributed by atoms with Gasteiger partial charge in [-0.05, 0) is 54.4 Å². The highest BCUT2D eigenvalue weighted by molar-refractivity contribution is 6.42. The molecule has 8 nitrogen and oxygen atoms in total. The van der Waals surface area contributed by atoms with Gasteiger partial charge < -0.3 is 28.4 Å². The summed E-state index contributed by atoms with van der Waals surface area (Å²) in [7, 11) is 4.69. The van der Waals surface area contributed by atoms with Crippen LogP contribution in [0.3, 0.4) is 0 Å². The largest absolute Gasteiger partial charge is 0.493 e. The molecule has 0 radical (unpaired) electrons. The van der Waals surface area contributed by atoms with Crippen molar-refractivity contribution in [3.63, 3.8) is 0 Å². The zero-order valence-electron chi connectivity index (χ0n) is 21.0. The van der Waals surface area contributed by atoms with Crippen LogP contribution in [0.1, 0.15) is 21.7 Å². The number of carbonyl (C=O) groups is 2. The quantitative estimate of drug-likeness (QED) is 0.300. The van der Waals surface area contributed by atoms with Crippen molar-refractivity contribution in [2.75, 3.05) is 47.6 Å². The highest BCUT2D eigenvalue weighted by Crippen LogP contribution is 2.28. The van der Waals surface area contributed by atoms with Crippen LogP contribution in [0, 0.1) is 0 Å². The van der Waals surface area contributed by atoms with Gasteiger partial charge in [0.25, 0.3) is 5.91 Å². The first-order valence-corrected chi connectivity index (χ1v) is 12.4. The van der Waals surface area contributed by atoms with Crippen molar-refractivity contribution in [3.05, 3.63) is 81.7 Å². The Balaban J connectivity index is 1.78. The molecule has 0 saturated carbocycles. The van der Waals surface area contributed by atoms with Crippen molar-refractivity contribution >= 4 is 35.0 Å². The zero-order chi connectivity index (χ0) is 26.8. The number of hydrogen-bond donors (Lipinski definition) is 0. The molecule has 10 heteroatoms. The van der Waals surface area contributed by atoms with Crippen LogP contribution in [-0.2, 0) is 22.5 Å². The Labute approximate surface area is 226 Å². The molecule has 0 N–H and O–H groups in total. The average Bonchev–Trinajstić information content (AvgIpc) is 3.43. The van der Waals surface area contributed by atoms with Gasteiger partial charge in [-0.25, -0.2) is 0 Å². The Morgan fingerprint density at radius 2 is 1.68 bits per heavy atom. The number of ether oxygens (including phenoxy) is 3. The van der Waals surface area contributed by atoms with Crippen LogP contribution in [-0.4, -0.2) is 69.2 Å². The van der Waals surface area contributed by atoms with Crippen LogP contribution in [0.25, 0.3) is 0 Å². The summed E-state index contributed by atoms with van der Waals surface area (Å²) in [6.45, 7) is 1.01. The number of carbonyl (C=O) groups excluding carboxylic acids is 2. The Hall–Kier alpha value is -3.20. The lowest BCUT2D eigenvalue weighted by molar-refractivity contribution is -0.132. The number of benzene rings is 2. The normalized spacial score (nSPS) is 10.7. The molecule has 3 rings (SSSR count). The molecule has 1 heterocycles. The predicted molar refractivity (Wildman–Crippen MR) is 142 cm³/mol. The lowest BCUT2D eigenvalue weighted by Gasteiger charge is -2.27. The molecule has 2 amide bonds. The zero-order valence-corrected chi connectivity index (χ0v) is 22.6. The smallest absolute Gasteiger partial charge is 0.254 e. The highest BCUT2D eigenvalue weighted by atomic mass is 35.5. The predicted octanol–water partition coefficient (Wildman–Crippen LogP) is 4.96. The third-order valence-electron chi connectivity index (χ3n) is 5.74. The number of methoxy groups -OCH3 is 3. The van der Waals surface area contributed by atoms with E-state index in [9.17, 15) is 9.59 Å². The maximum Gasteiger partial charge on any atom is 0.254 e. The van der Waals surface area contributed by atoms with Crippen molar-refractivity contribution in [2.45, 2.75) is 13.0 Å². The van der Waals surface area contributed by atoms with Crippen molar-refractivity contribution in [3.8, 4) is 11.5 Å². The maximum atomic E-state index is 13.5. The van der Waals surface area contributed by atoms with E-state index in [2.05, 4.69) is 0 Å². The molecular formula is C27H30Cl2N2O6. The molecule has 0 aliphatic heterocycles. The SMILES string of the molecule is COCCN(CC(=O)N(CCc1ccc(OC)c(OC)c1)Cc1ccco1)C(=O)c1ccc(Cl)c(Cl)c1. The summed E-state index contributed by atoms with van der Waals surface area (Å²) in [6.07, 6.45) is 2.12. The number of hydrogen-bond acceptors (Lipinski definition) is 6. The second-order valence-electron chi connectivity index (χ2n) is 8.18. The molecule has 0 saturated heterocycles. The third kappa shape index (κ3) is 7.89. The number of furan rings is 1. The molecule has 0 aliphatic carbocycles. The van der Waals surface area contributed by atoms with E-state index < -0.39 is 0 Å². The van der Waals surface area contributed by atoms with Crippen LogP contribution in [0.2, 0.25) is 10.0 Å². The molecular weight excluding hydrogens is 519 g/mol. The first kappa shape index (κ1) is 28.4. The molecule has 1 aromatic heterocycles. The lowest BCUT2D eigenvalue weighted by Crippen LogP contribution is -2.44. The van der Waals surface area contributed by atoms with Gasteiger partial charge in [0.2, 0.25) is 5.91 Å². The van der Waals surface area contributed by atoms with Crippen LogP contribution in [0.5, 0.6) is 11.5 Å². The monoisotopic (exact) mass is 548 g/mol. The standard InChI is InChI=1S/C27H30Cl2N2O6/c1-34-14-12-31(27(33)20-7-8-22(28)23(29)16-20)18-26(32)30(17-21-5-4-13-37-21)11-10-19-6-9-24(35-2)25(15-19)36-3/h4-9,13,15-16H,10-12,14,17-18H2,1-3H3. The number of rotatable bonds is 13. The summed E-state index contributed by atoms with van der Waals surface area (Å²) < 4.78 is 21.4. The maximum absolute atomic E-state index is 13.5. The van der Waals surface area contributed by atoms with Crippen LogP contribution in [0.15, 0.2) is 59.2 Å². The van der Waals surface area contributed by atoms with Gasteiger partial charge in [-0.3, -0.25) is 9.59 Å². The minimum atomic E-state index is -0.346. The van der Waals surface area contributed by atoms with Crippen molar-refractivity contribution in [1.82, 2.24) is 9.80 Å². The number of halogens is 2. The van der Waals surface area contributed by atoms with Gasteiger partial charge in [-0.15, -0.1) is 0 Å². The van der Waals surface area contributed by atoms with E-state index in [0.29, 0.717) is 40.8 Å². The number of amides is 2. The first-order valence-electron chi connectivity index (χ1n) is 11.6. The Morgan fingerprint density at radius 1 is 0.892 bits per heavy atom.